The molecule has 0 spiro atoms. The Hall–Kier alpha value is -2.12. The van der Waals surface area contributed by atoms with Crippen molar-refractivity contribution < 1.29 is 29.4 Å². The SMILES string of the molecule is CCC(CNC(=O)C1CC(C(=O)O)C(C(=O)NC)CC1C(=O)O)C(C)CC1CCC1. The highest BCUT2D eigenvalue weighted by atomic mass is 16.4. The van der Waals surface area contributed by atoms with Crippen molar-refractivity contribution in [1.82, 2.24) is 10.6 Å². The first kappa shape index (κ1) is 24.2. The van der Waals surface area contributed by atoms with Crippen molar-refractivity contribution in [2.45, 2.75) is 58.8 Å². The molecule has 170 valence electrons. The molecule has 0 heterocycles. The van der Waals surface area contributed by atoms with Crippen LogP contribution in [0.5, 0.6) is 0 Å². The average molecular weight is 425 g/mol. The van der Waals surface area contributed by atoms with Gasteiger partial charge >= 0.3 is 11.9 Å². The number of hydrogen-bond donors (Lipinski definition) is 4. The second-order valence-electron chi connectivity index (χ2n) is 9.11. The van der Waals surface area contributed by atoms with Crippen molar-refractivity contribution in [3.8, 4) is 0 Å². The minimum absolute atomic E-state index is 0.148. The Morgan fingerprint density at radius 3 is 1.87 bits per heavy atom. The van der Waals surface area contributed by atoms with Crippen molar-refractivity contribution >= 4 is 23.8 Å². The Morgan fingerprint density at radius 2 is 1.47 bits per heavy atom. The summed E-state index contributed by atoms with van der Waals surface area (Å²) in [6.45, 7) is 4.75. The van der Waals surface area contributed by atoms with E-state index in [1.807, 2.05) is 0 Å². The molecular formula is C22H36N2O6. The number of carbonyl (C=O) groups is 4. The Labute approximate surface area is 178 Å². The highest BCUT2D eigenvalue weighted by molar-refractivity contribution is 5.89. The lowest BCUT2D eigenvalue weighted by molar-refractivity contribution is -0.159. The first-order valence-corrected chi connectivity index (χ1v) is 11.1. The summed E-state index contributed by atoms with van der Waals surface area (Å²) in [5, 5.41) is 24.5. The van der Waals surface area contributed by atoms with Gasteiger partial charge in [-0.1, -0.05) is 39.5 Å². The van der Waals surface area contributed by atoms with E-state index in [1.165, 1.54) is 26.3 Å². The van der Waals surface area contributed by atoms with Crippen molar-refractivity contribution in [2.75, 3.05) is 13.6 Å². The van der Waals surface area contributed by atoms with E-state index in [0.29, 0.717) is 18.4 Å². The van der Waals surface area contributed by atoms with Crippen LogP contribution in [0, 0.1) is 41.4 Å². The van der Waals surface area contributed by atoms with E-state index in [-0.39, 0.29) is 12.8 Å². The molecule has 0 aromatic heterocycles. The molecule has 4 N–H and O–H groups in total. The lowest BCUT2D eigenvalue weighted by Gasteiger charge is -2.36. The molecular weight excluding hydrogens is 388 g/mol. The number of nitrogens with one attached hydrogen (secondary N) is 2. The van der Waals surface area contributed by atoms with Crippen LogP contribution in [0.3, 0.4) is 0 Å². The number of rotatable bonds is 10. The van der Waals surface area contributed by atoms with E-state index in [9.17, 15) is 29.4 Å². The van der Waals surface area contributed by atoms with Crippen LogP contribution in [0.2, 0.25) is 0 Å². The number of carboxylic acid groups (broad SMARTS) is 2. The van der Waals surface area contributed by atoms with Crippen molar-refractivity contribution in [3.05, 3.63) is 0 Å². The molecule has 8 nitrogen and oxygen atoms in total. The number of carboxylic acids is 2. The van der Waals surface area contributed by atoms with Crippen molar-refractivity contribution in [2.24, 2.45) is 41.4 Å². The fourth-order valence-electron chi connectivity index (χ4n) is 5.07. The van der Waals surface area contributed by atoms with Gasteiger partial charge in [0.15, 0.2) is 0 Å². The molecule has 0 aromatic carbocycles. The van der Waals surface area contributed by atoms with Gasteiger partial charge in [-0.25, -0.2) is 0 Å². The zero-order valence-corrected chi connectivity index (χ0v) is 18.2. The van der Waals surface area contributed by atoms with E-state index in [1.54, 1.807) is 0 Å². The van der Waals surface area contributed by atoms with E-state index >= 15 is 0 Å². The molecule has 2 aliphatic carbocycles. The zero-order valence-electron chi connectivity index (χ0n) is 18.2. The molecule has 30 heavy (non-hydrogen) atoms. The second-order valence-corrected chi connectivity index (χ2v) is 9.11. The Bertz CT molecular complexity index is 648. The molecule has 0 aliphatic heterocycles. The van der Waals surface area contributed by atoms with Gasteiger partial charge in [0, 0.05) is 13.6 Å². The average Bonchev–Trinajstić information content (AvgIpc) is 2.69. The largest absolute Gasteiger partial charge is 0.481 e. The second kappa shape index (κ2) is 10.8. The molecule has 2 saturated carbocycles. The molecule has 0 aromatic rings. The summed E-state index contributed by atoms with van der Waals surface area (Å²) < 4.78 is 0. The van der Waals surface area contributed by atoms with Crippen LogP contribution in [-0.4, -0.2) is 47.6 Å². The number of aliphatic carboxylic acids is 2. The fraction of sp³-hybridized carbons (Fsp3) is 0.818. The Kier molecular flexibility index (Phi) is 8.67. The highest BCUT2D eigenvalue weighted by Crippen LogP contribution is 2.39. The van der Waals surface area contributed by atoms with Gasteiger partial charge < -0.3 is 20.8 Å². The van der Waals surface area contributed by atoms with Crippen LogP contribution in [0.15, 0.2) is 0 Å². The van der Waals surface area contributed by atoms with Gasteiger partial charge in [0.05, 0.1) is 23.7 Å². The summed E-state index contributed by atoms with van der Waals surface area (Å²) in [5.74, 6) is -5.77. The molecule has 2 aliphatic rings. The molecule has 2 fully saturated rings. The van der Waals surface area contributed by atoms with Gasteiger partial charge in [0.1, 0.15) is 0 Å². The maximum absolute atomic E-state index is 12.9. The topological polar surface area (TPSA) is 133 Å². The van der Waals surface area contributed by atoms with Gasteiger partial charge in [-0.15, -0.1) is 0 Å². The lowest BCUT2D eigenvalue weighted by Crippen LogP contribution is -2.50. The zero-order chi connectivity index (χ0) is 22.4. The number of amides is 2. The maximum atomic E-state index is 12.9. The molecule has 2 amide bonds. The molecule has 0 saturated heterocycles. The minimum Gasteiger partial charge on any atom is -0.481 e. The van der Waals surface area contributed by atoms with E-state index in [2.05, 4.69) is 24.5 Å². The third kappa shape index (κ3) is 5.73. The van der Waals surface area contributed by atoms with Crippen LogP contribution < -0.4 is 10.6 Å². The third-order valence-electron chi connectivity index (χ3n) is 7.34. The van der Waals surface area contributed by atoms with Crippen molar-refractivity contribution in [3.63, 3.8) is 0 Å². The number of hydrogen-bond acceptors (Lipinski definition) is 4. The van der Waals surface area contributed by atoms with Gasteiger partial charge in [0.2, 0.25) is 11.8 Å². The standard InChI is InChI=1S/C22H36N2O6/c1-4-14(12(2)8-13-6-5-7-13)11-24-20(26)16-10-17(21(27)28)15(19(25)23-3)9-18(16)22(29)30/h12-18H,4-11H2,1-3H3,(H,23,25)(H,24,26)(H,27,28)(H,29,30). The van der Waals surface area contributed by atoms with E-state index in [4.69, 9.17) is 0 Å². The first-order valence-electron chi connectivity index (χ1n) is 11.1. The highest BCUT2D eigenvalue weighted by Gasteiger charge is 2.48. The normalized spacial score (nSPS) is 28.6. The minimum atomic E-state index is -1.18. The predicted molar refractivity (Wildman–Crippen MR) is 110 cm³/mol. The summed E-state index contributed by atoms with van der Waals surface area (Å²) >= 11 is 0. The maximum Gasteiger partial charge on any atom is 0.307 e. The summed E-state index contributed by atoms with van der Waals surface area (Å²) in [7, 11) is 1.39. The van der Waals surface area contributed by atoms with Crippen LogP contribution in [-0.2, 0) is 19.2 Å². The third-order valence-corrected chi connectivity index (χ3v) is 7.34. The van der Waals surface area contributed by atoms with Crippen molar-refractivity contribution in [1.29, 1.82) is 0 Å². The van der Waals surface area contributed by atoms with Gasteiger partial charge in [0.25, 0.3) is 0 Å². The number of carbonyl (C=O) groups excluding carboxylic acids is 2. The summed E-state index contributed by atoms with van der Waals surface area (Å²) in [6, 6.07) is 0. The van der Waals surface area contributed by atoms with Gasteiger partial charge in [-0.05, 0) is 37.0 Å². The van der Waals surface area contributed by atoms with Gasteiger partial charge in [-0.2, -0.15) is 0 Å². The fourth-order valence-corrected chi connectivity index (χ4v) is 5.07. The van der Waals surface area contributed by atoms with Crippen LogP contribution in [0.4, 0.5) is 0 Å². The molecule has 6 atom stereocenters. The van der Waals surface area contributed by atoms with Gasteiger partial charge in [-0.3, -0.25) is 19.2 Å². The summed E-state index contributed by atoms with van der Waals surface area (Å²) in [6.07, 6.45) is 5.61. The van der Waals surface area contributed by atoms with E-state index < -0.39 is 47.4 Å². The Morgan fingerprint density at radius 1 is 0.933 bits per heavy atom. The smallest absolute Gasteiger partial charge is 0.307 e. The van der Waals surface area contributed by atoms with Crippen LogP contribution in [0.25, 0.3) is 0 Å². The molecule has 8 heteroatoms. The summed E-state index contributed by atoms with van der Waals surface area (Å²) in [5.41, 5.74) is 0. The lowest BCUT2D eigenvalue weighted by atomic mass is 9.67. The summed E-state index contributed by atoms with van der Waals surface area (Å²) in [4.78, 5) is 48.5. The van der Waals surface area contributed by atoms with Crippen LogP contribution >= 0.6 is 0 Å². The first-order chi connectivity index (χ1) is 14.2. The molecule has 2 rings (SSSR count). The molecule has 0 bridgehead atoms. The molecule has 0 radical (unpaired) electrons. The Balaban J connectivity index is 2.04. The molecule has 6 unspecified atom stereocenters. The van der Waals surface area contributed by atoms with E-state index in [0.717, 1.165) is 18.8 Å². The monoisotopic (exact) mass is 424 g/mol. The van der Waals surface area contributed by atoms with Crippen LogP contribution in [0.1, 0.15) is 58.8 Å². The quantitative estimate of drug-likeness (QED) is 0.425. The predicted octanol–water partition coefficient (Wildman–Crippen LogP) is 2.13.